The zero-order chi connectivity index (χ0) is 13.9. The number of rotatable bonds is 3. The summed E-state index contributed by atoms with van der Waals surface area (Å²) in [6.07, 6.45) is 4.35. The lowest BCUT2D eigenvalue weighted by Crippen LogP contribution is -2.49. The third-order valence-corrected chi connectivity index (χ3v) is 3.93. The molecule has 0 aromatic carbocycles. The summed E-state index contributed by atoms with van der Waals surface area (Å²) in [6, 6.07) is 1.84. The van der Waals surface area contributed by atoms with Gasteiger partial charge < -0.3 is 15.8 Å². The number of carbonyl (C=O) groups is 1. The van der Waals surface area contributed by atoms with Gasteiger partial charge in [-0.25, -0.2) is 0 Å². The predicted octanol–water partition coefficient (Wildman–Crippen LogP) is 1.41. The number of pyridine rings is 1. The molecule has 0 spiro atoms. The maximum Gasteiger partial charge on any atom is 0.237 e. The Hall–Kier alpha value is -1.53. The van der Waals surface area contributed by atoms with Crippen LogP contribution in [-0.2, 0) is 9.53 Å². The van der Waals surface area contributed by atoms with E-state index in [1.165, 1.54) is 0 Å². The zero-order valence-corrected chi connectivity index (χ0v) is 11.6. The Balaban J connectivity index is 2.21. The molecule has 3 N–H and O–H groups in total. The number of carbonyl (C=O) groups excluding carboxylic acids is 1. The number of nitrogens with one attached hydrogen (secondary N) is 1. The maximum atomic E-state index is 12.5. The number of ether oxygens (including phenoxy) is 1. The molecule has 0 radical (unpaired) electrons. The van der Waals surface area contributed by atoms with Crippen LogP contribution in [0.3, 0.4) is 0 Å². The third kappa shape index (κ3) is 2.74. The van der Waals surface area contributed by atoms with Gasteiger partial charge in [-0.05, 0) is 31.4 Å². The summed E-state index contributed by atoms with van der Waals surface area (Å²) in [4.78, 5) is 16.8. The van der Waals surface area contributed by atoms with Crippen molar-refractivity contribution in [3.63, 3.8) is 0 Å². The largest absolute Gasteiger partial charge is 0.392 e. The fourth-order valence-corrected chi connectivity index (χ4v) is 2.44. The summed E-state index contributed by atoms with van der Waals surface area (Å²) in [6.45, 7) is 2.91. The quantitative estimate of drug-likeness (QED) is 0.818. The number of anilines is 1. The third-order valence-electron chi connectivity index (χ3n) is 3.54. The molecule has 19 heavy (non-hydrogen) atoms. The minimum Gasteiger partial charge on any atom is -0.392 e. The van der Waals surface area contributed by atoms with Crippen molar-refractivity contribution < 1.29 is 9.53 Å². The maximum absolute atomic E-state index is 12.5. The molecule has 6 heteroatoms. The smallest absolute Gasteiger partial charge is 0.237 e. The van der Waals surface area contributed by atoms with Crippen molar-refractivity contribution in [1.82, 2.24) is 4.98 Å². The van der Waals surface area contributed by atoms with Crippen LogP contribution >= 0.6 is 12.2 Å². The van der Waals surface area contributed by atoms with Gasteiger partial charge in [-0.15, -0.1) is 0 Å². The molecule has 0 saturated carbocycles. The van der Waals surface area contributed by atoms with Crippen LogP contribution in [0.4, 0.5) is 5.69 Å². The molecule has 0 bridgehead atoms. The van der Waals surface area contributed by atoms with Gasteiger partial charge >= 0.3 is 0 Å². The van der Waals surface area contributed by atoms with Crippen LogP contribution in [-0.4, -0.2) is 29.1 Å². The van der Waals surface area contributed by atoms with E-state index in [0.717, 1.165) is 5.56 Å². The first-order chi connectivity index (χ1) is 9.06. The normalized spacial score (nSPS) is 17.7. The van der Waals surface area contributed by atoms with E-state index in [2.05, 4.69) is 10.3 Å². The van der Waals surface area contributed by atoms with E-state index in [9.17, 15) is 4.79 Å². The first kappa shape index (κ1) is 13.9. The Morgan fingerprint density at radius 3 is 2.79 bits per heavy atom. The molecular weight excluding hydrogens is 262 g/mol. The van der Waals surface area contributed by atoms with Crippen LogP contribution in [0.2, 0.25) is 0 Å². The predicted molar refractivity (Wildman–Crippen MR) is 76.9 cm³/mol. The second-order valence-corrected chi connectivity index (χ2v) is 5.14. The molecule has 1 aliphatic heterocycles. The Bertz CT molecular complexity index is 498. The molecule has 1 aliphatic rings. The summed E-state index contributed by atoms with van der Waals surface area (Å²) < 4.78 is 5.29. The lowest BCUT2D eigenvalue weighted by molar-refractivity contribution is -0.126. The first-order valence-electron chi connectivity index (χ1n) is 6.16. The van der Waals surface area contributed by atoms with Crippen molar-refractivity contribution in [1.29, 1.82) is 0 Å². The van der Waals surface area contributed by atoms with E-state index < -0.39 is 5.41 Å². The van der Waals surface area contributed by atoms with Crippen molar-refractivity contribution in [3.05, 3.63) is 24.0 Å². The van der Waals surface area contributed by atoms with Crippen LogP contribution in [0.15, 0.2) is 18.5 Å². The summed E-state index contributed by atoms with van der Waals surface area (Å²) in [5.41, 5.74) is 6.63. The van der Waals surface area contributed by atoms with Crippen molar-refractivity contribution in [2.75, 3.05) is 18.5 Å². The topological polar surface area (TPSA) is 77.2 Å². The highest BCUT2D eigenvalue weighted by Gasteiger charge is 2.43. The van der Waals surface area contributed by atoms with Crippen LogP contribution < -0.4 is 11.1 Å². The average Bonchev–Trinajstić information content (AvgIpc) is 2.42. The van der Waals surface area contributed by atoms with Crippen molar-refractivity contribution in [3.8, 4) is 0 Å². The number of aromatic nitrogens is 1. The van der Waals surface area contributed by atoms with E-state index in [1.54, 1.807) is 12.4 Å². The Morgan fingerprint density at radius 2 is 2.21 bits per heavy atom. The van der Waals surface area contributed by atoms with Crippen LogP contribution in [0.25, 0.3) is 0 Å². The Kier molecular flexibility index (Phi) is 4.11. The molecule has 2 rings (SSSR count). The number of thiocarbonyl (C=S) groups is 1. The van der Waals surface area contributed by atoms with Gasteiger partial charge in [0.15, 0.2) is 0 Å². The van der Waals surface area contributed by atoms with Crippen LogP contribution in [0.1, 0.15) is 18.4 Å². The Morgan fingerprint density at radius 1 is 1.53 bits per heavy atom. The number of aryl methyl sites for hydroxylation is 1. The lowest BCUT2D eigenvalue weighted by Gasteiger charge is -2.34. The van der Waals surface area contributed by atoms with Gasteiger partial charge in [-0.1, -0.05) is 12.2 Å². The van der Waals surface area contributed by atoms with Gasteiger partial charge in [0, 0.05) is 19.4 Å². The van der Waals surface area contributed by atoms with E-state index in [1.807, 2.05) is 13.0 Å². The monoisotopic (exact) mass is 279 g/mol. The molecule has 0 atom stereocenters. The minimum absolute atomic E-state index is 0.167. The highest BCUT2D eigenvalue weighted by Crippen LogP contribution is 2.32. The van der Waals surface area contributed by atoms with E-state index in [4.69, 9.17) is 22.7 Å². The van der Waals surface area contributed by atoms with E-state index in [0.29, 0.717) is 31.7 Å². The van der Waals surface area contributed by atoms with Gasteiger partial charge in [-0.3, -0.25) is 9.78 Å². The fourth-order valence-electron chi connectivity index (χ4n) is 2.14. The minimum atomic E-state index is -0.810. The molecule has 2 heterocycles. The van der Waals surface area contributed by atoms with Gasteiger partial charge in [0.25, 0.3) is 0 Å². The SMILES string of the molecule is Cc1ccncc1NC(=O)C1(C(N)=S)CCOCC1. The lowest BCUT2D eigenvalue weighted by atomic mass is 9.79. The van der Waals surface area contributed by atoms with Crippen molar-refractivity contribution >= 4 is 28.8 Å². The van der Waals surface area contributed by atoms with Crippen LogP contribution in [0, 0.1) is 12.3 Å². The molecule has 5 nitrogen and oxygen atoms in total. The van der Waals surface area contributed by atoms with E-state index >= 15 is 0 Å². The summed E-state index contributed by atoms with van der Waals surface area (Å²) >= 11 is 5.10. The number of amides is 1. The molecule has 1 fully saturated rings. The number of nitrogens with two attached hydrogens (primary N) is 1. The average molecular weight is 279 g/mol. The molecule has 0 aliphatic carbocycles. The zero-order valence-electron chi connectivity index (χ0n) is 10.8. The number of nitrogens with zero attached hydrogens (tertiary/aromatic N) is 1. The highest BCUT2D eigenvalue weighted by atomic mass is 32.1. The first-order valence-corrected chi connectivity index (χ1v) is 6.57. The highest BCUT2D eigenvalue weighted by molar-refractivity contribution is 7.80. The summed E-state index contributed by atoms with van der Waals surface area (Å²) in [5, 5.41) is 2.88. The number of hydrogen-bond acceptors (Lipinski definition) is 4. The van der Waals surface area contributed by atoms with Gasteiger partial charge in [-0.2, -0.15) is 0 Å². The summed E-state index contributed by atoms with van der Waals surface area (Å²) in [5.74, 6) is -0.167. The molecule has 1 aromatic heterocycles. The van der Waals surface area contributed by atoms with Gasteiger partial charge in [0.05, 0.1) is 16.9 Å². The molecule has 1 saturated heterocycles. The second-order valence-electron chi connectivity index (χ2n) is 4.70. The fraction of sp³-hybridized carbons (Fsp3) is 0.462. The standard InChI is InChI=1S/C13H17N3O2S/c1-9-2-5-15-8-10(9)16-12(17)13(11(14)19)3-6-18-7-4-13/h2,5,8H,3-4,6-7H2,1H3,(H2,14,19)(H,16,17). The Labute approximate surface area is 117 Å². The molecule has 1 amide bonds. The summed E-state index contributed by atoms with van der Waals surface area (Å²) in [7, 11) is 0. The molecule has 0 unspecified atom stereocenters. The van der Waals surface area contributed by atoms with Crippen molar-refractivity contribution in [2.45, 2.75) is 19.8 Å². The molecule has 1 aromatic rings. The molecule has 102 valence electrons. The van der Waals surface area contributed by atoms with E-state index in [-0.39, 0.29) is 10.9 Å². The van der Waals surface area contributed by atoms with Gasteiger partial charge in [0.1, 0.15) is 5.41 Å². The number of hydrogen-bond donors (Lipinski definition) is 2. The van der Waals surface area contributed by atoms with Crippen LogP contribution in [0.5, 0.6) is 0 Å². The van der Waals surface area contributed by atoms with Crippen molar-refractivity contribution in [2.24, 2.45) is 11.1 Å². The molecular formula is C13H17N3O2S. The van der Waals surface area contributed by atoms with Gasteiger partial charge in [0.2, 0.25) is 5.91 Å². The second kappa shape index (κ2) is 5.63.